The molecule has 5 rings (SSSR count). The highest BCUT2D eigenvalue weighted by Gasteiger charge is 2.33. The van der Waals surface area contributed by atoms with E-state index in [0.717, 1.165) is 53.5 Å². The first-order chi connectivity index (χ1) is 15.5. The number of esters is 1. The number of benzene rings is 2. The summed E-state index contributed by atoms with van der Waals surface area (Å²) in [5.74, 6) is 0.0338. The molecule has 0 bridgehead atoms. The highest BCUT2D eigenvalue weighted by Crippen LogP contribution is 2.42. The van der Waals surface area contributed by atoms with Gasteiger partial charge in [0.15, 0.2) is 6.10 Å². The summed E-state index contributed by atoms with van der Waals surface area (Å²) in [6.45, 7) is 4.25. The number of ether oxygens (including phenoxy) is 2. The quantitative estimate of drug-likeness (QED) is 0.543. The number of anilines is 1. The van der Waals surface area contributed by atoms with Crippen LogP contribution in [0.25, 0.3) is 10.9 Å². The predicted octanol–water partition coefficient (Wildman–Crippen LogP) is 4.82. The highest BCUT2D eigenvalue weighted by molar-refractivity contribution is 6.08. The number of carbonyl (C=O) groups is 2. The van der Waals surface area contributed by atoms with E-state index in [9.17, 15) is 9.59 Å². The maximum atomic E-state index is 13.3. The van der Waals surface area contributed by atoms with Crippen LogP contribution in [-0.4, -0.2) is 36.2 Å². The van der Waals surface area contributed by atoms with Gasteiger partial charge < -0.3 is 18.9 Å². The van der Waals surface area contributed by atoms with Gasteiger partial charge in [0.1, 0.15) is 5.75 Å². The molecular formula is C26H28N2O4. The van der Waals surface area contributed by atoms with E-state index in [0.29, 0.717) is 23.9 Å². The van der Waals surface area contributed by atoms with Crippen LogP contribution in [-0.2, 0) is 16.0 Å². The Morgan fingerprint density at radius 3 is 2.66 bits per heavy atom. The molecule has 1 aliphatic heterocycles. The summed E-state index contributed by atoms with van der Waals surface area (Å²) in [5.41, 5.74) is 4.47. The molecule has 2 aliphatic rings. The van der Waals surface area contributed by atoms with Gasteiger partial charge in [-0.1, -0.05) is 18.2 Å². The number of carbonyl (C=O) groups excluding carboxylic acids is 2. The van der Waals surface area contributed by atoms with Crippen molar-refractivity contribution in [1.29, 1.82) is 0 Å². The fourth-order valence-electron chi connectivity index (χ4n) is 4.86. The third kappa shape index (κ3) is 3.44. The van der Waals surface area contributed by atoms with Crippen LogP contribution in [0.4, 0.5) is 5.69 Å². The average molecular weight is 433 g/mol. The summed E-state index contributed by atoms with van der Waals surface area (Å²) in [7, 11) is 1.61. The lowest BCUT2D eigenvalue weighted by Crippen LogP contribution is -2.42. The third-order valence-corrected chi connectivity index (χ3v) is 6.58. The third-order valence-electron chi connectivity index (χ3n) is 6.58. The van der Waals surface area contributed by atoms with Gasteiger partial charge in [0.25, 0.3) is 5.91 Å². The zero-order valence-electron chi connectivity index (χ0n) is 18.8. The molecule has 1 saturated carbocycles. The van der Waals surface area contributed by atoms with Crippen LogP contribution in [0.5, 0.6) is 5.75 Å². The van der Waals surface area contributed by atoms with Gasteiger partial charge in [0.05, 0.1) is 12.7 Å². The Morgan fingerprint density at radius 1 is 1.12 bits per heavy atom. The van der Waals surface area contributed by atoms with Gasteiger partial charge in [0, 0.05) is 34.9 Å². The number of rotatable bonds is 5. The Hall–Kier alpha value is -3.28. The number of methoxy groups -OCH3 is 1. The second-order valence-electron chi connectivity index (χ2n) is 8.71. The zero-order valence-corrected chi connectivity index (χ0v) is 18.8. The van der Waals surface area contributed by atoms with E-state index in [1.54, 1.807) is 18.9 Å². The average Bonchev–Trinajstić information content (AvgIpc) is 3.60. The Labute approximate surface area is 187 Å². The van der Waals surface area contributed by atoms with Crippen LogP contribution in [0.2, 0.25) is 0 Å². The smallest absolute Gasteiger partial charge is 0.341 e. The molecule has 1 amide bonds. The zero-order chi connectivity index (χ0) is 22.4. The lowest BCUT2D eigenvalue weighted by molar-refractivity contribution is -0.126. The standard InChI is InChI=1S/C26H28N2O4/c1-16-24(21-15-20(31-3)12-13-23(21)28(16)19-10-11-19)26(30)32-17(2)25(29)27-14-6-8-18-7-4-5-9-22(18)27/h4-5,7,9,12-13,15,17,19H,6,8,10-11,14H2,1-3H3. The van der Waals surface area contributed by atoms with Crippen molar-refractivity contribution in [3.63, 3.8) is 0 Å². The van der Waals surface area contributed by atoms with E-state index >= 15 is 0 Å². The lowest BCUT2D eigenvalue weighted by Gasteiger charge is -2.31. The number of hydrogen-bond donors (Lipinski definition) is 0. The molecular weight excluding hydrogens is 404 g/mol. The van der Waals surface area contributed by atoms with Gasteiger partial charge in [-0.05, 0) is 69.4 Å². The van der Waals surface area contributed by atoms with Crippen molar-refractivity contribution < 1.29 is 19.1 Å². The number of aryl methyl sites for hydroxylation is 1. The normalized spacial score (nSPS) is 16.5. The topological polar surface area (TPSA) is 60.8 Å². The van der Waals surface area contributed by atoms with Gasteiger partial charge in [-0.3, -0.25) is 4.79 Å². The molecule has 1 fully saturated rings. The molecule has 6 nitrogen and oxygen atoms in total. The van der Waals surface area contributed by atoms with Crippen molar-refractivity contribution >= 4 is 28.5 Å². The number of aromatic nitrogens is 1. The van der Waals surface area contributed by atoms with E-state index in [1.807, 2.05) is 43.3 Å². The molecule has 6 heteroatoms. The first-order valence-electron chi connectivity index (χ1n) is 11.3. The molecule has 0 radical (unpaired) electrons. The number of nitrogens with zero attached hydrogens (tertiary/aromatic N) is 2. The Balaban J connectivity index is 1.44. The van der Waals surface area contributed by atoms with Crippen LogP contribution in [0.15, 0.2) is 42.5 Å². The van der Waals surface area contributed by atoms with Crippen LogP contribution < -0.4 is 9.64 Å². The Morgan fingerprint density at radius 2 is 1.91 bits per heavy atom. The summed E-state index contributed by atoms with van der Waals surface area (Å²) in [6, 6.07) is 14.1. The van der Waals surface area contributed by atoms with E-state index in [2.05, 4.69) is 10.6 Å². The fourth-order valence-corrected chi connectivity index (χ4v) is 4.86. The van der Waals surface area contributed by atoms with Crippen molar-refractivity contribution in [2.45, 2.75) is 51.7 Å². The molecule has 2 heterocycles. The van der Waals surface area contributed by atoms with Crippen molar-refractivity contribution in [3.8, 4) is 5.75 Å². The van der Waals surface area contributed by atoms with Gasteiger partial charge in [-0.25, -0.2) is 4.79 Å². The van der Waals surface area contributed by atoms with Crippen molar-refractivity contribution in [1.82, 2.24) is 4.57 Å². The second kappa shape index (κ2) is 8.01. The fraction of sp³-hybridized carbons (Fsp3) is 0.385. The molecule has 1 atom stereocenters. The summed E-state index contributed by atoms with van der Waals surface area (Å²) in [6.07, 6.45) is 3.19. The van der Waals surface area contributed by atoms with Crippen LogP contribution in [0.3, 0.4) is 0 Å². The number of fused-ring (bicyclic) bond motifs is 2. The Bertz CT molecular complexity index is 1210. The molecule has 0 spiro atoms. The maximum Gasteiger partial charge on any atom is 0.341 e. The molecule has 1 aliphatic carbocycles. The first-order valence-corrected chi connectivity index (χ1v) is 11.3. The molecule has 166 valence electrons. The van der Waals surface area contributed by atoms with Crippen LogP contribution in [0.1, 0.15) is 53.8 Å². The predicted molar refractivity (Wildman–Crippen MR) is 123 cm³/mol. The molecule has 0 saturated heterocycles. The minimum absolute atomic E-state index is 0.188. The van der Waals surface area contributed by atoms with Gasteiger partial charge >= 0.3 is 5.97 Å². The largest absolute Gasteiger partial charge is 0.497 e. The van der Waals surface area contributed by atoms with E-state index in [4.69, 9.17) is 9.47 Å². The van der Waals surface area contributed by atoms with Crippen LogP contribution >= 0.6 is 0 Å². The number of amides is 1. The first kappa shape index (κ1) is 20.6. The van der Waals surface area contributed by atoms with Crippen molar-refractivity contribution in [2.24, 2.45) is 0 Å². The van der Waals surface area contributed by atoms with Crippen molar-refractivity contribution in [2.75, 3.05) is 18.6 Å². The molecule has 32 heavy (non-hydrogen) atoms. The molecule has 0 N–H and O–H groups in total. The highest BCUT2D eigenvalue weighted by atomic mass is 16.5. The van der Waals surface area contributed by atoms with E-state index in [1.165, 1.54) is 0 Å². The summed E-state index contributed by atoms with van der Waals surface area (Å²) in [5, 5.41) is 0.807. The maximum absolute atomic E-state index is 13.3. The summed E-state index contributed by atoms with van der Waals surface area (Å²) < 4.78 is 13.4. The van der Waals surface area contributed by atoms with E-state index < -0.39 is 12.1 Å². The number of para-hydroxylation sites is 1. The minimum Gasteiger partial charge on any atom is -0.497 e. The Kier molecular flexibility index (Phi) is 5.16. The molecule has 1 aromatic heterocycles. The minimum atomic E-state index is -0.877. The molecule has 1 unspecified atom stereocenters. The van der Waals surface area contributed by atoms with Gasteiger partial charge in [0.2, 0.25) is 0 Å². The summed E-state index contributed by atoms with van der Waals surface area (Å²) in [4.78, 5) is 28.3. The monoisotopic (exact) mass is 432 g/mol. The van der Waals surface area contributed by atoms with Crippen molar-refractivity contribution in [3.05, 3.63) is 59.3 Å². The van der Waals surface area contributed by atoms with Gasteiger partial charge in [-0.2, -0.15) is 0 Å². The number of hydrogen-bond acceptors (Lipinski definition) is 4. The molecule has 2 aromatic carbocycles. The second-order valence-corrected chi connectivity index (χ2v) is 8.71. The SMILES string of the molecule is COc1ccc2c(c1)c(C(=O)OC(C)C(=O)N1CCCc3ccccc31)c(C)n2C1CC1. The van der Waals surface area contributed by atoms with E-state index in [-0.39, 0.29) is 5.91 Å². The lowest BCUT2D eigenvalue weighted by atomic mass is 10.0. The van der Waals surface area contributed by atoms with Crippen LogP contribution in [0, 0.1) is 6.92 Å². The summed E-state index contributed by atoms with van der Waals surface area (Å²) >= 11 is 0. The molecule has 3 aromatic rings. The van der Waals surface area contributed by atoms with Gasteiger partial charge in [-0.15, -0.1) is 0 Å².